The number of phenolic OH excluding ortho intramolecular Hbond substituents is 1. The number of ketones is 4. The van der Waals surface area contributed by atoms with Crippen molar-refractivity contribution < 1.29 is 39.3 Å². The maximum absolute atomic E-state index is 14.0. The Hall–Kier alpha value is -4.68. The van der Waals surface area contributed by atoms with E-state index in [-0.39, 0.29) is 17.2 Å². The number of nitrogens with two attached hydrogens (primary N) is 1. The van der Waals surface area contributed by atoms with Gasteiger partial charge in [-0.3, -0.25) is 24.0 Å². The fourth-order valence-electron chi connectivity index (χ4n) is 7.81. The molecule has 2 saturated carbocycles. The van der Waals surface area contributed by atoms with Crippen molar-refractivity contribution in [2.24, 2.45) is 29.4 Å². The summed E-state index contributed by atoms with van der Waals surface area (Å²) >= 11 is 0. The Morgan fingerprint density at radius 2 is 1.76 bits per heavy atom. The lowest BCUT2D eigenvalue weighted by molar-refractivity contribution is -0.189. The van der Waals surface area contributed by atoms with E-state index in [0.29, 0.717) is 11.5 Å². The minimum atomic E-state index is -2.97. The summed E-state index contributed by atoms with van der Waals surface area (Å²) in [7, 11) is 0. The van der Waals surface area contributed by atoms with Crippen molar-refractivity contribution >= 4 is 40.7 Å². The van der Waals surface area contributed by atoms with Crippen molar-refractivity contribution in [1.29, 1.82) is 0 Å². The van der Waals surface area contributed by atoms with Crippen LogP contribution in [0.4, 0.5) is 11.6 Å². The number of aliphatic hydroxyl groups is 2. The summed E-state index contributed by atoms with van der Waals surface area (Å²) < 4.78 is 0. The molecule has 12 heteroatoms. The fraction of sp³-hybridized carbons (Fsp3) is 0.412. The van der Waals surface area contributed by atoms with E-state index in [1.807, 2.05) is 12.1 Å². The number of phenols is 1. The van der Waals surface area contributed by atoms with Crippen LogP contribution in [0.25, 0.3) is 11.3 Å². The molecule has 2 unspecified atom stereocenters. The predicted octanol–water partition coefficient (Wildman–Crippen LogP) is 2.90. The number of aliphatic hydroxyl groups excluding tert-OH is 1. The molecule has 6 rings (SSSR count). The number of primary amides is 1. The Kier molecular flexibility index (Phi) is 7.68. The van der Waals surface area contributed by atoms with Crippen molar-refractivity contribution in [2.45, 2.75) is 63.6 Å². The quantitative estimate of drug-likeness (QED) is 0.166. The van der Waals surface area contributed by atoms with Gasteiger partial charge in [-0.25, -0.2) is 4.98 Å². The summed E-state index contributed by atoms with van der Waals surface area (Å²) in [4.78, 5) is 73.0. The van der Waals surface area contributed by atoms with Gasteiger partial charge in [0.15, 0.2) is 34.7 Å². The van der Waals surface area contributed by atoms with Crippen LogP contribution in [0.3, 0.4) is 0 Å². The molecule has 0 saturated heterocycles. The highest BCUT2D eigenvalue weighted by molar-refractivity contribution is 6.31. The van der Waals surface area contributed by atoms with Gasteiger partial charge in [0, 0.05) is 18.3 Å². The van der Waals surface area contributed by atoms with E-state index in [0.717, 1.165) is 24.1 Å². The summed E-state index contributed by atoms with van der Waals surface area (Å²) in [5.74, 6) is -12.6. The molecule has 7 N–H and O–H groups in total. The van der Waals surface area contributed by atoms with Crippen LogP contribution in [-0.2, 0) is 19.2 Å². The molecule has 3 aliphatic rings. The molecule has 2 fully saturated rings. The molecule has 7 atom stereocenters. The van der Waals surface area contributed by atoms with Crippen LogP contribution in [0.15, 0.2) is 42.6 Å². The van der Waals surface area contributed by atoms with E-state index >= 15 is 0 Å². The number of aromatic nitrogens is 2. The van der Waals surface area contributed by atoms with E-state index in [1.165, 1.54) is 5.56 Å². The van der Waals surface area contributed by atoms with E-state index < -0.39 is 82.5 Å². The Morgan fingerprint density at radius 1 is 1.09 bits per heavy atom. The molecule has 0 spiro atoms. The number of hydrogen-bond acceptors (Lipinski definition) is 10. The Bertz CT molecular complexity index is 1780. The monoisotopic (exact) mass is 628 g/mol. The van der Waals surface area contributed by atoms with Crippen LogP contribution in [0.2, 0.25) is 0 Å². The summed E-state index contributed by atoms with van der Waals surface area (Å²) in [6.07, 6.45) is 1.47. The fourth-order valence-corrected chi connectivity index (χ4v) is 7.81. The summed E-state index contributed by atoms with van der Waals surface area (Å²) in [5, 5.41) is 37.1. The number of imidazole rings is 1. The highest BCUT2D eigenvalue weighted by Crippen LogP contribution is 2.54. The molecule has 0 bridgehead atoms. The van der Waals surface area contributed by atoms with E-state index in [2.05, 4.69) is 41.3 Å². The van der Waals surface area contributed by atoms with Crippen molar-refractivity contribution in [2.75, 3.05) is 5.32 Å². The first-order chi connectivity index (χ1) is 21.8. The largest absolute Gasteiger partial charge is 0.505 e. The molecule has 12 nitrogen and oxygen atoms in total. The van der Waals surface area contributed by atoms with Gasteiger partial charge in [0.25, 0.3) is 0 Å². The van der Waals surface area contributed by atoms with Gasteiger partial charge in [0.1, 0.15) is 5.75 Å². The third-order valence-corrected chi connectivity index (χ3v) is 10.4. The summed E-state index contributed by atoms with van der Waals surface area (Å²) in [6, 6.07) is 11.3. The molecule has 1 heterocycles. The second-order valence-corrected chi connectivity index (χ2v) is 12.6. The molecule has 0 radical (unpaired) electrons. The van der Waals surface area contributed by atoms with Gasteiger partial charge in [-0.05, 0) is 47.4 Å². The van der Waals surface area contributed by atoms with Crippen molar-refractivity contribution in [3.63, 3.8) is 0 Å². The number of rotatable bonds is 7. The highest BCUT2D eigenvalue weighted by Gasteiger charge is 2.69. The third-order valence-electron chi connectivity index (χ3n) is 10.4. The lowest BCUT2D eigenvalue weighted by atomic mass is 9.50. The van der Waals surface area contributed by atoms with E-state index in [9.17, 15) is 39.3 Å². The second kappa shape index (κ2) is 11.3. The number of nitrogens with zero attached hydrogens (tertiary/aromatic N) is 1. The molecule has 1 amide bonds. The van der Waals surface area contributed by atoms with Gasteiger partial charge in [-0.1, -0.05) is 51.1 Å². The molecular formula is C34H36N4O8. The molecular weight excluding hydrogens is 592 g/mol. The van der Waals surface area contributed by atoms with Gasteiger partial charge < -0.3 is 31.4 Å². The Labute approximate surface area is 264 Å². The molecule has 3 aromatic rings. The lowest BCUT2D eigenvalue weighted by Crippen LogP contribution is -2.72. The zero-order chi connectivity index (χ0) is 33.2. The maximum atomic E-state index is 14.0. The zero-order valence-electron chi connectivity index (χ0n) is 25.6. The lowest BCUT2D eigenvalue weighted by Gasteiger charge is -2.52. The van der Waals surface area contributed by atoms with Gasteiger partial charge in [0.2, 0.25) is 11.9 Å². The zero-order valence-corrected chi connectivity index (χ0v) is 25.6. The molecule has 0 aliphatic heterocycles. The number of anilines is 2. The SMILES string of the molecule is CCC(CC)c1ccc(-c2cnc(Nc3ccc4c(c3O)C(=O)C3C(=O)[C@]5(O)C(=O)C(C(N)=O)C(=O)C[C@@H]5[C@@H](O)[C@@H]3[C@H]4C)[nH]2)cc1. The molecule has 240 valence electrons. The van der Waals surface area contributed by atoms with Gasteiger partial charge in [-0.15, -0.1) is 0 Å². The number of amides is 1. The number of Topliss-reactive ketones (excluding diaryl/α,β-unsaturated/α-hetero) is 4. The summed E-state index contributed by atoms with van der Waals surface area (Å²) in [6.45, 7) is 5.98. The highest BCUT2D eigenvalue weighted by atomic mass is 16.3. The van der Waals surface area contributed by atoms with Crippen LogP contribution in [0.1, 0.15) is 73.4 Å². The number of H-pyrrole nitrogens is 1. The smallest absolute Gasteiger partial charge is 0.235 e. The standard InChI is InChI=1S/C34H36N4O8/c1-4-15(5-2)16-6-8-17(9-7-16)21-13-36-33(38-21)37-20-11-10-18-14(3)23-26(29(42)24(18)28(20)41)31(44)34(46)19(27(23)40)12-22(39)25(30(34)43)32(35)45/h6-11,13-15,19,23,25-27,40-41,46H,4-5,12H2,1-3H3,(H2,35,45)(H2,36,37,38)/t14-,19+,23+,25?,26?,27+,34+/m0/s1. The number of carbonyl (C=O) groups excluding carboxylic acids is 5. The van der Waals surface area contributed by atoms with Crippen LogP contribution < -0.4 is 11.1 Å². The van der Waals surface area contributed by atoms with Crippen molar-refractivity contribution in [1.82, 2.24) is 9.97 Å². The molecule has 1 aromatic heterocycles. The Morgan fingerprint density at radius 3 is 2.39 bits per heavy atom. The average molecular weight is 629 g/mol. The number of fused-ring (bicyclic) bond motifs is 3. The number of aromatic hydroxyl groups is 1. The number of aromatic amines is 1. The average Bonchev–Trinajstić information content (AvgIpc) is 3.49. The molecule has 46 heavy (non-hydrogen) atoms. The van der Waals surface area contributed by atoms with Gasteiger partial charge >= 0.3 is 0 Å². The van der Waals surface area contributed by atoms with Gasteiger partial charge in [0.05, 0.1) is 35.2 Å². The molecule has 3 aliphatic carbocycles. The van der Waals surface area contributed by atoms with Crippen molar-refractivity contribution in [3.05, 3.63) is 59.3 Å². The minimum Gasteiger partial charge on any atom is -0.505 e. The van der Waals surface area contributed by atoms with Crippen LogP contribution in [0, 0.1) is 23.7 Å². The number of benzene rings is 2. The first kappa shape index (κ1) is 31.3. The van der Waals surface area contributed by atoms with Crippen LogP contribution in [0.5, 0.6) is 5.75 Å². The van der Waals surface area contributed by atoms with Gasteiger partial charge in [-0.2, -0.15) is 0 Å². The Balaban J connectivity index is 1.31. The van der Waals surface area contributed by atoms with Crippen LogP contribution in [-0.4, -0.2) is 66.0 Å². The van der Waals surface area contributed by atoms with E-state index in [1.54, 1.807) is 25.3 Å². The minimum absolute atomic E-state index is 0.108. The summed E-state index contributed by atoms with van der Waals surface area (Å²) in [5.41, 5.74) is 5.41. The third kappa shape index (κ3) is 4.50. The first-order valence-corrected chi connectivity index (χ1v) is 15.5. The topological polar surface area (TPSA) is 213 Å². The second-order valence-electron chi connectivity index (χ2n) is 12.6. The van der Waals surface area contributed by atoms with Crippen molar-refractivity contribution in [3.8, 4) is 17.0 Å². The van der Waals surface area contributed by atoms with Crippen LogP contribution >= 0.6 is 0 Å². The normalized spacial score (nSPS) is 28.9. The number of hydrogen-bond donors (Lipinski definition) is 6. The predicted molar refractivity (Wildman–Crippen MR) is 165 cm³/mol. The number of carbonyl (C=O) groups is 5. The molecule has 2 aromatic carbocycles. The first-order valence-electron chi connectivity index (χ1n) is 15.5. The van der Waals surface area contributed by atoms with E-state index in [4.69, 9.17) is 5.73 Å². The maximum Gasteiger partial charge on any atom is 0.235 e. The number of nitrogens with one attached hydrogen (secondary N) is 2.